The van der Waals surface area contributed by atoms with Crippen LogP contribution in [0.2, 0.25) is 0 Å². The van der Waals surface area contributed by atoms with Crippen molar-refractivity contribution in [3.05, 3.63) is 59.4 Å². The molecule has 4 aromatic rings. The third-order valence-corrected chi connectivity index (χ3v) is 11.4. The van der Waals surface area contributed by atoms with Gasteiger partial charge in [-0.3, -0.25) is 9.59 Å². The number of amides is 4. The number of methoxy groups -OCH3 is 2. The number of imidazole rings is 2. The number of aromatic nitrogens is 4. The maximum absolute atomic E-state index is 13.7. The number of nitrogens with one attached hydrogen (secondary N) is 4. The van der Waals surface area contributed by atoms with Crippen molar-refractivity contribution >= 4 is 45.7 Å². The molecule has 55 heavy (non-hydrogen) atoms. The number of H-pyrrole nitrogens is 2. The molecule has 292 valence electrons. The van der Waals surface area contributed by atoms with Crippen molar-refractivity contribution in [1.82, 2.24) is 40.4 Å². The van der Waals surface area contributed by atoms with Crippen LogP contribution >= 0.6 is 11.3 Å². The lowest BCUT2D eigenvalue weighted by atomic mass is 10.0. The van der Waals surface area contributed by atoms with Crippen LogP contribution < -0.4 is 10.6 Å². The van der Waals surface area contributed by atoms with Gasteiger partial charge < -0.3 is 39.9 Å². The van der Waals surface area contributed by atoms with E-state index in [9.17, 15) is 19.2 Å². The number of carbonyl (C=O) groups is 4. The highest BCUT2D eigenvalue weighted by molar-refractivity contribution is 7.21. The molecule has 1 aromatic carbocycles. The van der Waals surface area contributed by atoms with E-state index in [-0.39, 0.29) is 47.6 Å². The second-order valence-electron chi connectivity index (χ2n) is 15.4. The second kappa shape index (κ2) is 16.6. The number of likely N-dealkylation sites (tertiary alicyclic amines) is 2. The minimum absolute atomic E-state index is 0.111. The zero-order valence-corrected chi connectivity index (χ0v) is 33.4. The molecule has 0 aliphatic carbocycles. The quantitative estimate of drug-likeness (QED) is 0.150. The highest BCUT2D eigenvalue weighted by Gasteiger charge is 2.41. The van der Waals surface area contributed by atoms with E-state index >= 15 is 0 Å². The average molecular weight is 771 g/mol. The summed E-state index contributed by atoms with van der Waals surface area (Å²) in [5.41, 5.74) is 3.42. The van der Waals surface area contributed by atoms with E-state index in [2.05, 4.69) is 57.3 Å². The Balaban J connectivity index is 1.12. The predicted molar refractivity (Wildman–Crippen MR) is 209 cm³/mol. The summed E-state index contributed by atoms with van der Waals surface area (Å²) in [6.45, 7) is 13.0. The van der Waals surface area contributed by atoms with Gasteiger partial charge in [0.1, 0.15) is 34.3 Å². The standard InChI is InChI=1S/C40H50N8O6S/c1-21(2)32(44-39(51)53-7)37(49)47-19-23(5)15-29(47)34-41-18-27(42-34)14-11-25-9-12-26(13-10-25)31-17-28-36(55-31)46-35(43-28)30-16-24(6)20-48(30)38(50)33(22(3)4)45-40(52)54-8/h9-10,12-13,17-18,21-24,29-30,32-33H,15-16,19-20H2,1-8H3,(H,41,42)(H,43,46)(H,44,51)(H,45,52)/t23-,24-,29-,30-,32-,33-/m0/s1. The molecular formula is C40H50N8O6S. The SMILES string of the molecule is COC(=O)N[C@H](C(=O)N1C[C@@H](C)C[C@H]1c1ncc(C#Cc2ccc(-c3cc4[nH]c([C@@H]5C[C@H](C)CN5C(=O)[C@@H](NC(=O)OC)C(C)C)nc4s3)cc2)[nH]1)C(C)C. The van der Waals surface area contributed by atoms with Gasteiger partial charge in [-0.05, 0) is 66.2 Å². The van der Waals surface area contributed by atoms with Gasteiger partial charge in [0, 0.05) is 23.5 Å². The summed E-state index contributed by atoms with van der Waals surface area (Å²) < 4.78 is 9.52. The number of ether oxygens (including phenoxy) is 2. The number of nitrogens with zero attached hydrogens (tertiary/aromatic N) is 4. The summed E-state index contributed by atoms with van der Waals surface area (Å²) >= 11 is 1.58. The second-order valence-corrected chi connectivity index (χ2v) is 16.4. The number of aromatic amines is 2. The van der Waals surface area contributed by atoms with Gasteiger partial charge in [-0.15, -0.1) is 11.3 Å². The first-order valence-corrected chi connectivity index (χ1v) is 19.5. The van der Waals surface area contributed by atoms with Crippen LogP contribution in [0.3, 0.4) is 0 Å². The maximum atomic E-state index is 13.7. The number of benzene rings is 1. The van der Waals surface area contributed by atoms with Crippen LogP contribution in [0.5, 0.6) is 0 Å². The van der Waals surface area contributed by atoms with Crippen LogP contribution in [0, 0.1) is 35.5 Å². The molecule has 4 amide bonds. The first-order chi connectivity index (χ1) is 26.3. The Morgan fingerprint density at radius 3 is 1.87 bits per heavy atom. The van der Waals surface area contributed by atoms with Crippen molar-refractivity contribution in [2.24, 2.45) is 23.7 Å². The molecule has 0 unspecified atom stereocenters. The fraction of sp³-hybridized carbons (Fsp3) is 0.500. The number of rotatable bonds is 9. The molecule has 14 nitrogen and oxygen atoms in total. The lowest BCUT2D eigenvalue weighted by Crippen LogP contribution is -2.51. The highest BCUT2D eigenvalue weighted by atomic mass is 32.1. The largest absolute Gasteiger partial charge is 0.453 e. The van der Waals surface area contributed by atoms with Crippen LogP contribution in [0.1, 0.15) is 89.4 Å². The lowest BCUT2D eigenvalue weighted by Gasteiger charge is -2.30. The molecule has 3 aromatic heterocycles. The Bertz CT molecular complexity index is 2060. The van der Waals surface area contributed by atoms with E-state index in [4.69, 9.17) is 14.5 Å². The molecule has 0 bridgehead atoms. The molecule has 0 radical (unpaired) electrons. The highest BCUT2D eigenvalue weighted by Crippen LogP contribution is 2.39. The van der Waals surface area contributed by atoms with Gasteiger partial charge >= 0.3 is 12.2 Å². The van der Waals surface area contributed by atoms with E-state index in [0.29, 0.717) is 24.6 Å². The monoisotopic (exact) mass is 770 g/mol. The Hall–Kier alpha value is -5.36. The Kier molecular flexibility index (Phi) is 11.8. The summed E-state index contributed by atoms with van der Waals surface area (Å²) in [6, 6.07) is 8.22. The van der Waals surface area contributed by atoms with Gasteiger partial charge in [0.05, 0.1) is 38.0 Å². The van der Waals surface area contributed by atoms with Gasteiger partial charge in [0.25, 0.3) is 0 Å². The van der Waals surface area contributed by atoms with Crippen molar-refractivity contribution in [2.45, 2.75) is 78.6 Å². The molecule has 2 fully saturated rings. The van der Waals surface area contributed by atoms with Crippen LogP contribution in [0.25, 0.3) is 20.8 Å². The lowest BCUT2D eigenvalue weighted by molar-refractivity contribution is -0.136. The molecule has 4 N–H and O–H groups in total. The van der Waals surface area contributed by atoms with Crippen LogP contribution in [0.4, 0.5) is 9.59 Å². The maximum Gasteiger partial charge on any atom is 0.407 e. The summed E-state index contributed by atoms with van der Waals surface area (Å²) in [7, 11) is 2.57. The van der Waals surface area contributed by atoms with Gasteiger partial charge in [-0.2, -0.15) is 0 Å². The summed E-state index contributed by atoms with van der Waals surface area (Å²) in [6.07, 6.45) is 1.95. The van der Waals surface area contributed by atoms with Crippen molar-refractivity contribution in [1.29, 1.82) is 0 Å². The molecule has 2 aliphatic rings. The number of carbonyl (C=O) groups excluding carboxylic acids is 4. The molecule has 15 heteroatoms. The minimum Gasteiger partial charge on any atom is -0.453 e. The topological polar surface area (TPSA) is 175 Å². The minimum atomic E-state index is -0.708. The van der Waals surface area contributed by atoms with Crippen LogP contribution in [-0.4, -0.2) is 93.1 Å². The van der Waals surface area contributed by atoms with Crippen molar-refractivity contribution in [3.63, 3.8) is 0 Å². The smallest absolute Gasteiger partial charge is 0.407 e. The Morgan fingerprint density at radius 2 is 1.36 bits per heavy atom. The molecule has 0 spiro atoms. The van der Waals surface area contributed by atoms with E-state index in [1.807, 2.05) is 56.9 Å². The predicted octanol–water partition coefficient (Wildman–Crippen LogP) is 5.99. The first kappa shape index (κ1) is 39.3. The van der Waals surface area contributed by atoms with Gasteiger partial charge in [0.15, 0.2) is 0 Å². The third-order valence-electron chi connectivity index (χ3n) is 10.3. The van der Waals surface area contributed by atoms with E-state index in [1.54, 1.807) is 22.4 Å². The Morgan fingerprint density at radius 1 is 0.818 bits per heavy atom. The Labute approximate surface area is 325 Å². The average Bonchev–Trinajstić information content (AvgIpc) is 4.00. The van der Waals surface area contributed by atoms with Gasteiger partial charge in [-0.25, -0.2) is 19.6 Å². The van der Waals surface area contributed by atoms with Gasteiger partial charge in [-0.1, -0.05) is 59.6 Å². The van der Waals surface area contributed by atoms with Crippen LogP contribution in [-0.2, 0) is 19.1 Å². The molecular weight excluding hydrogens is 721 g/mol. The molecule has 5 heterocycles. The van der Waals surface area contributed by atoms with Crippen molar-refractivity contribution < 1.29 is 28.7 Å². The summed E-state index contributed by atoms with van der Waals surface area (Å²) in [5, 5.41) is 5.40. The normalized spacial score (nSPS) is 20.7. The number of alkyl carbamates (subject to hydrolysis) is 2. The van der Waals surface area contributed by atoms with Crippen LogP contribution in [0.15, 0.2) is 36.5 Å². The zero-order valence-electron chi connectivity index (χ0n) is 32.6. The molecule has 6 rings (SSSR count). The molecule has 2 saturated heterocycles. The fourth-order valence-electron chi connectivity index (χ4n) is 7.41. The number of hydrogen-bond donors (Lipinski definition) is 4. The van der Waals surface area contributed by atoms with E-state index in [0.717, 1.165) is 45.0 Å². The molecule has 0 saturated carbocycles. The van der Waals surface area contributed by atoms with Crippen molar-refractivity contribution in [2.75, 3.05) is 27.3 Å². The number of fused-ring (bicyclic) bond motifs is 1. The summed E-state index contributed by atoms with van der Waals surface area (Å²) in [4.78, 5) is 73.1. The number of thiophene rings is 1. The van der Waals surface area contributed by atoms with Gasteiger partial charge in [0.2, 0.25) is 11.8 Å². The van der Waals surface area contributed by atoms with E-state index < -0.39 is 24.3 Å². The summed E-state index contributed by atoms with van der Waals surface area (Å²) in [5.74, 6) is 7.82. The van der Waals surface area contributed by atoms with E-state index in [1.165, 1.54) is 14.2 Å². The molecule has 6 atom stereocenters. The molecule has 2 aliphatic heterocycles. The van der Waals surface area contributed by atoms with Crippen molar-refractivity contribution in [3.8, 4) is 22.3 Å². The fourth-order valence-corrected chi connectivity index (χ4v) is 8.41. The zero-order chi connectivity index (χ0) is 39.6. The number of hydrogen-bond acceptors (Lipinski definition) is 9. The third kappa shape index (κ3) is 8.64. The first-order valence-electron chi connectivity index (χ1n) is 18.7.